The van der Waals surface area contributed by atoms with Gasteiger partial charge >= 0.3 is 62.5 Å². The van der Waals surface area contributed by atoms with E-state index in [0.29, 0.717) is 15.6 Å². The molecule has 1 aromatic carbocycles. The highest BCUT2D eigenvalue weighted by molar-refractivity contribution is 8.00. The molecule has 51 heavy (non-hydrogen) atoms. The van der Waals surface area contributed by atoms with Crippen molar-refractivity contribution < 1.29 is 73.8 Å². The number of benzene rings is 1. The van der Waals surface area contributed by atoms with E-state index in [2.05, 4.69) is 0 Å². The van der Waals surface area contributed by atoms with E-state index in [9.17, 15) is 73.8 Å². The Morgan fingerprint density at radius 2 is 0.686 bits per heavy atom. The van der Waals surface area contributed by atoms with Crippen molar-refractivity contribution in [3.63, 3.8) is 0 Å². The van der Waals surface area contributed by atoms with Crippen LogP contribution in [0.3, 0.4) is 0 Å². The lowest BCUT2D eigenvalue weighted by atomic mass is 10.3. The molecular weight excluding hydrogens is 877 g/mol. The molecule has 0 amide bonds. The van der Waals surface area contributed by atoms with Crippen LogP contribution in [0.25, 0.3) is 0 Å². The van der Waals surface area contributed by atoms with Crippen LogP contribution in [0.2, 0.25) is 57.4 Å². The Balaban J connectivity index is 3.65. The summed E-state index contributed by atoms with van der Waals surface area (Å²) in [7, 11) is -44.4. The van der Waals surface area contributed by atoms with Gasteiger partial charge in [0.15, 0.2) is 0 Å². The lowest BCUT2D eigenvalue weighted by Gasteiger charge is -2.35. The summed E-state index contributed by atoms with van der Waals surface area (Å²) in [5.41, 5.74) is 0. The topological polar surface area (TPSA) is 215 Å². The molecule has 0 aliphatic carbocycles. The maximum atomic E-state index is 13.6. The summed E-state index contributed by atoms with van der Waals surface area (Å²) in [5.74, 6) is 0. The number of nitrogens with zero attached hydrogens (tertiary/aromatic N) is 3. The molecule has 0 saturated carbocycles. The van der Waals surface area contributed by atoms with Crippen molar-refractivity contribution in [2.24, 2.45) is 0 Å². The zero-order valence-corrected chi connectivity index (χ0v) is 36.0. The largest absolute Gasteiger partial charge is 0.390 e. The summed E-state index contributed by atoms with van der Waals surface area (Å²) in [5, 5.41) is 1.92. The zero-order chi connectivity index (χ0) is 40.4. The van der Waals surface area contributed by atoms with Gasteiger partial charge in [0.2, 0.25) is 0 Å². The Bertz CT molecular complexity index is 2010. The first-order valence-corrected chi connectivity index (χ1v) is 32.2. The molecule has 1 rings (SSSR count). The van der Waals surface area contributed by atoms with Crippen LogP contribution in [0.1, 0.15) is 19.3 Å². The minimum Gasteiger partial charge on any atom is -0.176 e. The molecule has 0 fully saturated rings. The second kappa shape index (κ2) is 16.4. The Kier molecular flexibility index (Phi) is 15.5. The molecule has 0 atom stereocenters. The predicted octanol–water partition coefficient (Wildman–Crippen LogP) is 1.79. The van der Waals surface area contributed by atoms with Crippen LogP contribution in [-0.4, -0.2) is 105 Å². The van der Waals surface area contributed by atoms with Crippen molar-refractivity contribution in [2.45, 2.75) is 76.7 Å². The smallest absolute Gasteiger partial charge is 0.176 e. The first-order chi connectivity index (χ1) is 22.3. The van der Waals surface area contributed by atoms with Crippen LogP contribution < -0.4 is 15.6 Å². The monoisotopic (exact) mass is 915 g/mol. The average molecular weight is 916 g/mol. The van der Waals surface area contributed by atoms with Gasteiger partial charge in [0, 0.05) is 19.6 Å². The van der Waals surface area contributed by atoms with Crippen molar-refractivity contribution in [2.75, 3.05) is 19.6 Å². The molecule has 15 nitrogen and oxygen atoms in total. The minimum absolute atomic E-state index is 0.0170. The van der Waals surface area contributed by atoms with Crippen LogP contribution in [0.4, 0.5) is 23.3 Å². The Morgan fingerprint density at radius 3 is 0.961 bits per heavy atom. The Hall–Kier alpha value is -0.969. The first-order valence-electron chi connectivity index (χ1n) is 14.5. The van der Waals surface area contributed by atoms with Crippen LogP contribution in [0, 0.1) is 0 Å². The molecule has 300 valence electrons. The Morgan fingerprint density at radius 1 is 0.431 bits per heavy atom. The third kappa shape index (κ3) is 14.3. The van der Waals surface area contributed by atoms with Gasteiger partial charge in [-0.15, -0.1) is 0 Å². The Labute approximate surface area is 300 Å². The molecule has 0 radical (unpaired) electrons. The first kappa shape index (κ1) is 48.1. The molecule has 0 spiro atoms. The maximum Gasteiger partial charge on any atom is 0.390 e. The SMILES string of the molecule is C[Si](C)(CCCN(S(=O)(=O)F)S(=O)(=O)F)c1ccc([Si](C)(C)CCCN(S(=O)(=O)F)S(=O)(=O)F)c([Si](C)(C)CCCN(S(=O)(=O)F)S(=O)(=O)F)c1. The molecule has 0 unspecified atom stereocenters. The van der Waals surface area contributed by atoms with Crippen molar-refractivity contribution >= 4 is 102 Å². The standard InChI is InChI=1S/C21H39F6N3O12S6Si3/c1-49(2,15-7-12-28(43(22,31)32)44(23,33)34)19-10-11-20(50(3,4)16-8-13-29(45(24,35)36)46(25,37)38)21(18-19)51(5,6)17-9-14-30(47(26,39)40)48(27,41)42/h10-11,18H,7-9,12-17H2,1-6H3. The molecular formula is C21H39F6N3O12S6Si3. The average Bonchev–Trinajstić information content (AvgIpc) is 2.87. The molecule has 0 aromatic heterocycles. The lowest BCUT2D eigenvalue weighted by molar-refractivity contribution is 0.438. The van der Waals surface area contributed by atoms with Crippen LogP contribution in [0.5, 0.6) is 0 Å². The second-order valence-electron chi connectivity index (χ2n) is 13.4. The van der Waals surface area contributed by atoms with Gasteiger partial charge in [0.25, 0.3) is 0 Å². The summed E-state index contributed by atoms with van der Waals surface area (Å²) in [4.78, 5) is 0. The van der Waals surface area contributed by atoms with Gasteiger partial charge in [-0.25, -0.2) is 0 Å². The predicted molar refractivity (Wildman–Crippen MR) is 186 cm³/mol. The minimum atomic E-state index is -6.00. The molecule has 0 heterocycles. The normalized spacial score (nSPS) is 14.9. The summed E-state index contributed by atoms with van der Waals surface area (Å²) in [6.07, 6.45) is -1.00. The highest BCUT2D eigenvalue weighted by Gasteiger charge is 2.40. The fraction of sp³-hybridized carbons (Fsp3) is 0.714. The fourth-order valence-electron chi connectivity index (χ4n) is 5.45. The van der Waals surface area contributed by atoms with Crippen molar-refractivity contribution in [1.82, 2.24) is 11.1 Å². The van der Waals surface area contributed by atoms with E-state index in [1.165, 1.54) is 0 Å². The van der Waals surface area contributed by atoms with E-state index in [1.807, 2.05) is 0 Å². The van der Waals surface area contributed by atoms with E-state index in [4.69, 9.17) is 0 Å². The van der Waals surface area contributed by atoms with Crippen LogP contribution in [-0.2, 0) is 62.5 Å². The van der Waals surface area contributed by atoms with E-state index in [0.717, 1.165) is 0 Å². The second-order valence-corrected chi connectivity index (χ2v) is 36.1. The van der Waals surface area contributed by atoms with Crippen LogP contribution >= 0.6 is 0 Å². The molecule has 0 N–H and O–H groups in total. The number of hydrogen-bond donors (Lipinski definition) is 0. The molecule has 0 aliphatic rings. The van der Waals surface area contributed by atoms with E-state index in [-0.39, 0.29) is 37.4 Å². The van der Waals surface area contributed by atoms with E-state index in [1.54, 1.807) is 57.5 Å². The molecule has 0 bridgehead atoms. The third-order valence-electron chi connectivity index (χ3n) is 8.15. The van der Waals surface area contributed by atoms with E-state index < -0.39 is 117 Å². The summed E-state index contributed by atoms with van der Waals surface area (Å²) >= 11 is 0. The van der Waals surface area contributed by atoms with Crippen molar-refractivity contribution in [3.05, 3.63) is 18.2 Å². The molecule has 1 aromatic rings. The zero-order valence-electron chi connectivity index (χ0n) is 28.1. The summed E-state index contributed by atoms with van der Waals surface area (Å²) < 4.78 is 213. The van der Waals surface area contributed by atoms with Gasteiger partial charge in [-0.3, -0.25) is 0 Å². The molecule has 0 aliphatic heterocycles. The van der Waals surface area contributed by atoms with Gasteiger partial charge in [-0.05, 0) is 30.4 Å². The highest BCUT2D eigenvalue weighted by Crippen LogP contribution is 2.23. The molecule has 0 saturated heterocycles. The summed E-state index contributed by atoms with van der Waals surface area (Å²) in [6, 6.07) is 5.22. The van der Waals surface area contributed by atoms with Crippen molar-refractivity contribution in [3.8, 4) is 0 Å². The van der Waals surface area contributed by atoms with Crippen molar-refractivity contribution in [1.29, 1.82) is 0 Å². The quantitative estimate of drug-likeness (QED) is 0.0981. The van der Waals surface area contributed by atoms with Gasteiger partial charge in [-0.2, -0.15) is 50.5 Å². The highest BCUT2D eigenvalue weighted by atomic mass is 32.3. The van der Waals surface area contributed by atoms with Gasteiger partial charge in [0.1, 0.15) is 0 Å². The fourth-order valence-corrected chi connectivity index (χ4v) is 20.0. The van der Waals surface area contributed by atoms with E-state index >= 15 is 0 Å². The number of hydrogen-bond acceptors (Lipinski definition) is 12. The maximum absolute atomic E-state index is 13.6. The summed E-state index contributed by atoms with van der Waals surface area (Å²) in [6.45, 7) is 7.31. The third-order valence-corrected chi connectivity index (χ3v) is 26.1. The van der Waals surface area contributed by atoms with Crippen LogP contribution in [0.15, 0.2) is 18.2 Å². The number of rotatable bonds is 21. The lowest BCUT2D eigenvalue weighted by Crippen LogP contribution is -2.61. The number of halogens is 6. The molecule has 30 heteroatoms. The van der Waals surface area contributed by atoms with Gasteiger partial charge in [-0.1, -0.05) is 114 Å². The van der Waals surface area contributed by atoms with Gasteiger partial charge < -0.3 is 0 Å². The van der Waals surface area contributed by atoms with Gasteiger partial charge in [0.05, 0.1) is 24.2 Å².